The molecule has 16 heavy (non-hydrogen) atoms. The molecule has 1 heterocycles. The van der Waals surface area contributed by atoms with Gasteiger partial charge in [0.05, 0.1) is 18.8 Å². The van der Waals surface area contributed by atoms with E-state index in [2.05, 4.69) is 18.7 Å². The van der Waals surface area contributed by atoms with E-state index in [1.54, 1.807) is 0 Å². The highest BCUT2D eigenvalue weighted by atomic mass is 16.6. The Balaban J connectivity index is 1.83. The minimum atomic E-state index is 0.196. The van der Waals surface area contributed by atoms with Crippen molar-refractivity contribution in [1.82, 2.24) is 0 Å². The lowest BCUT2D eigenvalue weighted by Crippen LogP contribution is -2.23. The van der Waals surface area contributed by atoms with E-state index in [1.807, 2.05) is 24.3 Å². The van der Waals surface area contributed by atoms with Crippen LogP contribution in [0.4, 0.5) is 0 Å². The zero-order valence-electron chi connectivity index (χ0n) is 9.47. The van der Waals surface area contributed by atoms with Gasteiger partial charge in [0.15, 0.2) is 0 Å². The van der Waals surface area contributed by atoms with Gasteiger partial charge in [-0.05, 0) is 18.4 Å². The fraction of sp³-hybridized carbons (Fsp3) is 0.429. The topological polar surface area (TPSA) is 18.5 Å². The fourth-order valence-electron chi connectivity index (χ4n) is 1.98. The van der Waals surface area contributed by atoms with Gasteiger partial charge in [-0.1, -0.05) is 36.4 Å². The molecule has 1 aliphatic heterocycles. The number of rotatable bonds is 5. The number of benzene rings is 1. The summed E-state index contributed by atoms with van der Waals surface area (Å²) in [5.41, 5.74) is 1.21. The van der Waals surface area contributed by atoms with E-state index < -0.39 is 0 Å². The van der Waals surface area contributed by atoms with Gasteiger partial charge in [0.1, 0.15) is 0 Å². The molecule has 2 heteroatoms. The minimum Gasteiger partial charge on any atom is -0.375 e. The van der Waals surface area contributed by atoms with Crippen molar-refractivity contribution in [1.29, 1.82) is 0 Å². The molecule has 0 N–H and O–H groups in total. The summed E-state index contributed by atoms with van der Waals surface area (Å²) < 4.78 is 11.5. The monoisotopic (exact) mass is 218 g/mol. The molecule has 2 nitrogen and oxygen atoms in total. The summed E-state index contributed by atoms with van der Waals surface area (Å²) in [6.45, 7) is 5.21. The summed E-state index contributed by atoms with van der Waals surface area (Å²) in [5.74, 6) is 0. The molecule has 86 valence electrons. The fourth-order valence-corrected chi connectivity index (χ4v) is 1.98. The molecule has 0 radical (unpaired) electrons. The average molecular weight is 218 g/mol. The second-order valence-corrected chi connectivity index (χ2v) is 4.06. The normalized spacial score (nSPS) is 24.5. The van der Waals surface area contributed by atoms with Crippen molar-refractivity contribution in [2.45, 2.75) is 31.7 Å². The van der Waals surface area contributed by atoms with Crippen molar-refractivity contribution in [2.75, 3.05) is 6.61 Å². The highest BCUT2D eigenvalue weighted by Crippen LogP contribution is 2.21. The molecule has 0 aromatic heterocycles. The lowest BCUT2D eigenvalue weighted by Gasteiger charge is -2.17. The lowest BCUT2D eigenvalue weighted by atomic mass is 10.1. The second kappa shape index (κ2) is 5.83. The number of hydrogen-bond donors (Lipinski definition) is 0. The van der Waals surface area contributed by atoms with Crippen LogP contribution in [0, 0.1) is 0 Å². The van der Waals surface area contributed by atoms with Gasteiger partial charge < -0.3 is 9.47 Å². The van der Waals surface area contributed by atoms with Crippen LogP contribution < -0.4 is 0 Å². The molecule has 0 saturated carbocycles. The molecule has 0 spiro atoms. The Hall–Kier alpha value is -1.12. The maximum absolute atomic E-state index is 5.88. The molecule has 0 amide bonds. The summed E-state index contributed by atoms with van der Waals surface area (Å²) in [5, 5.41) is 0. The first kappa shape index (κ1) is 11.4. The van der Waals surface area contributed by atoms with Crippen LogP contribution in [0.1, 0.15) is 18.4 Å². The summed E-state index contributed by atoms with van der Waals surface area (Å²) in [6.07, 6.45) is 4.18. The van der Waals surface area contributed by atoms with Crippen molar-refractivity contribution >= 4 is 0 Å². The summed E-state index contributed by atoms with van der Waals surface area (Å²) in [4.78, 5) is 0. The van der Waals surface area contributed by atoms with Crippen LogP contribution in [0.3, 0.4) is 0 Å². The third-order valence-corrected chi connectivity index (χ3v) is 2.85. The maximum Gasteiger partial charge on any atom is 0.0871 e. The molecule has 1 fully saturated rings. The standard InChI is InChI=1S/C14H18O2/c1-2-6-13-14(9-10-15-13)16-11-12-7-4-3-5-8-12/h2-5,7-8,13-14H,1,6,9-11H2/t13-,14-/m1/s1. The van der Waals surface area contributed by atoms with Crippen LogP contribution in [-0.4, -0.2) is 18.8 Å². The van der Waals surface area contributed by atoms with Crippen LogP contribution in [0.15, 0.2) is 43.0 Å². The van der Waals surface area contributed by atoms with Crippen LogP contribution in [-0.2, 0) is 16.1 Å². The Bertz CT molecular complexity index is 321. The Morgan fingerprint density at radius 1 is 1.38 bits per heavy atom. The summed E-state index contributed by atoms with van der Waals surface area (Å²) in [6, 6.07) is 10.2. The predicted molar refractivity (Wildman–Crippen MR) is 64.2 cm³/mol. The predicted octanol–water partition coefficient (Wildman–Crippen LogP) is 2.94. The van der Waals surface area contributed by atoms with Gasteiger partial charge in [0.2, 0.25) is 0 Å². The van der Waals surface area contributed by atoms with Crippen LogP contribution in [0.25, 0.3) is 0 Å². The first-order chi connectivity index (χ1) is 7.90. The van der Waals surface area contributed by atoms with Gasteiger partial charge in [-0.25, -0.2) is 0 Å². The van der Waals surface area contributed by atoms with E-state index in [9.17, 15) is 0 Å². The SMILES string of the molecule is C=CC[C@H]1OCC[C@H]1OCc1ccccc1. The number of ether oxygens (including phenoxy) is 2. The second-order valence-electron chi connectivity index (χ2n) is 4.06. The van der Waals surface area contributed by atoms with Gasteiger partial charge in [-0.2, -0.15) is 0 Å². The Morgan fingerprint density at radius 2 is 2.19 bits per heavy atom. The van der Waals surface area contributed by atoms with Crippen molar-refractivity contribution in [3.8, 4) is 0 Å². The zero-order chi connectivity index (χ0) is 11.2. The van der Waals surface area contributed by atoms with Gasteiger partial charge in [0.25, 0.3) is 0 Å². The van der Waals surface area contributed by atoms with Crippen molar-refractivity contribution in [2.24, 2.45) is 0 Å². The molecular weight excluding hydrogens is 200 g/mol. The highest BCUT2D eigenvalue weighted by Gasteiger charge is 2.27. The van der Waals surface area contributed by atoms with E-state index >= 15 is 0 Å². The van der Waals surface area contributed by atoms with Gasteiger partial charge in [-0.15, -0.1) is 6.58 Å². The van der Waals surface area contributed by atoms with Crippen molar-refractivity contribution < 1.29 is 9.47 Å². The van der Waals surface area contributed by atoms with Crippen molar-refractivity contribution in [3.05, 3.63) is 48.6 Å². The first-order valence-electron chi connectivity index (χ1n) is 5.78. The largest absolute Gasteiger partial charge is 0.375 e. The molecule has 0 bridgehead atoms. The van der Waals surface area contributed by atoms with Crippen molar-refractivity contribution in [3.63, 3.8) is 0 Å². The Kier molecular flexibility index (Phi) is 4.14. The first-order valence-corrected chi connectivity index (χ1v) is 5.78. The Morgan fingerprint density at radius 3 is 2.94 bits per heavy atom. The van der Waals surface area contributed by atoms with Gasteiger partial charge in [-0.3, -0.25) is 0 Å². The molecule has 0 aliphatic carbocycles. The maximum atomic E-state index is 5.88. The van der Waals surface area contributed by atoms with Gasteiger partial charge in [0, 0.05) is 6.61 Å². The van der Waals surface area contributed by atoms with Crippen LogP contribution in [0.2, 0.25) is 0 Å². The third kappa shape index (κ3) is 2.94. The van der Waals surface area contributed by atoms with E-state index in [-0.39, 0.29) is 12.2 Å². The molecule has 1 aliphatic rings. The Labute approximate surface area is 96.9 Å². The minimum absolute atomic E-state index is 0.196. The van der Waals surface area contributed by atoms with Gasteiger partial charge >= 0.3 is 0 Å². The molecule has 0 unspecified atom stereocenters. The molecular formula is C14H18O2. The third-order valence-electron chi connectivity index (χ3n) is 2.85. The average Bonchev–Trinajstić information content (AvgIpc) is 2.76. The van der Waals surface area contributed by atoms with E-state index in [0.717, 1.165) is 19.4 Å². The molecule has 2 rings (SSSR count). The molecule has 1 saturated heterocycles. The van der Waals surface area contributed by atoms with E-state index in [0.29, 0.717) is 6.61 Å². The van der Waals surface area contributed by atoms with E-state index in [1.165, 1.54) is 5.56 Å². The van der Waals surface area contributed by atoms with Crippen LogP contribution in [0.5, 0.6) is 0 Å². The van der Waals surface area contributed by atoms with Crippen LogP contribution >= 0.6 is 0 Å². The smallest absolute Gasteiger partial charge is 0.0871 e. The quantitative estimate of drug-likeness (QED) is 0.707. The summed E-state index contributed by atoms with van der Waals surface area (Å²) in [7, 11) is 0. The van der Waals surface area contributed by atoms with E-state index in [4.69, 9.17) is 9.47 Å². The molecule has 1 aromatic carbocycles. The zero-order valence-corrected chi connectivity index (χ0v) is 9.47. The summed E-state index contributed by atoms with van der Waals surface area (Å²) >= 11 is 0. The lowest BCUT2D eigenvalue weighted by molar-refractivity contribution is -0.0155. The molecule has 1 aromatic rings. The number of hydrogen-bond acceptors (Lipinski definition) is 2. The highest BCUT2D eigenvalue weighted by molar-refractivity contribution is 5.13. The molecule has 2 atom stereocenters.